The second kappa shape index (κ2) is 15.4. The van der Waals surface area contributed by atoms with Crippen LogP contribution in [0.4, 0.5) is 0 Å². The molecule has 8 nitrogen and oxygen atoms in total. The third kappa shape index (κ3) is 11.0. The van der Waals surface area contributed by atoms with Gasteiger partial charge in [-0.15, -0.1) is 0 Å². The molecule has 0 amide bonds. The second-order valence-corrected chi connectivity index (χ2v) is 25.2. The van der Waals surface area contributed by atoms with Crippen LogP contribution in [0.5, 0.6) is 0 Å². The van der Waals surface area contributed by atoms with Gasteiger partial charge in [0.15, 0.2) is 0 Å². The van der Waals surface area contributed by atoms with Crippen molar-refractivity contribution in [3.8, 4) is 0 Å². The van der Waals surface area contributed by atoms with Gasteiger partial charge >= 0.3 is 0 Å². The first-order valence-corrected chi connectivity index (χ1v) is 25.1. The highest BCUT2D eigenvalue weighted by molar-refractivity contribution is 6.72. The molecule has 2 rings (SSSR count). The Morgan fingerprint density at radius 1 is 0.722 bits per heavy atom. The Hall–Kier alpha value is 0.548. The third-order valence-corrected chi connectivity index (χ3v) is 13.6. The molecule has 4 atom stereocenters. The Morgan fingerprint density at radius 3 is 1.39 bits per heavy atom. The van der Waals surface area contributed by atoms with Gasteiger partial charge in [0.05, 0.1) is 67.9 Å². The average molecular weight is 579 g/mol. The topological polar surface area (TPSA) is 61.9 Å². The molecule has 4 unspecified atom stereocenters. The average Bonchev–Trinajstić information content (AvgIpc) is 2.75. The van der Waals surface area contributed by atoms with Gasteiger partial charge in [-0.05, 0) is 40.0 Å². The van der Waals surface area contributed by atoms with Crippen LogP contribution < -0.4 is 0 Å². The van der Waals surface area contributed by atoms with E-state index in [0.29, 0.717) is 26.4 Å². The van der Waals surface area contributed by atoms with E-state index in [4.69, 9.17) is 27.8 Å². The molecular weight excluding hydrogens is 525 g/mol. The molecule has 0 spiro atoms. The van der Waals surface area contributed by atoms with E-state index in [1.165, 1.54) is 0 Å². The smallest absolute Gasteiger partial charge is 0.201 e. The van der Waals surface area contributed by atoms with Gasteiger partial charge in [-0.2, -0.15) is 0 Å². The lowest BCUT2D eigenvalue weighted by atomic mass is 10.3. The quantitative estimate of drug-likeness (QED) is 0.217. The zero-order chi connectivity index (χ0) is 26.9. The molecule has 12 heteroatoms. The molecule has 2 heterocycles. The molecule has 0 bridgehead atoms. The van der Waals surface area contributed by atoms with Crippen molar-refractivity contribution in [2.24, 2.45) is 0 Å². The molecule has 0 aromatic heterocycles. The highest BCUT2D eigenvalue weighted by Crippen LogP contribution is 2.23. The van der Waals surface area contributed by atoms with Gasteiger partial charge in [-0.1, -0.05) is 26.2 Å². The van der Waals surface area contributed by atoms with Gasteiger partial charge in [-0.3, -0.25) is 9.80 Å². The van der Waals surface area contributed by atoms with Crippen LogP contribution in [0.25, 0.3) is 0 Å². The predicted octanol–water partition coefficient (Wildman–Crippen LogP) is 3.22. The van der Waals surface area contributed by atoms with Gasteiger partial charge in [0.2, 0.25) is 16.6 Å². The number of hydrogen-bond donors (Lipinski definition) is 0. The largest absolute Gasteiger partial charge is 0.410 e. The molecule has 0 aromatic carbocycles. The van der Waals surface area contributed by atoms with Crippen molar-refractivity contribution in [2.75, 3.05) is 65.1 Å². The maximum absolute atomic E-state index is 6.47. The Balaban J connectivity index is 1.76. The van der Waals surface area contributed by atoms with Crippen LogP contribution in [0.15, 0.2) is 0 Å². The van der Waals surface area contributed by atoms with Crippen molar-refractivity contribution in [3.05, 3.63) is 0 Å². The molecule has 0 N–H and O–H groups in total. The Labute approximate surface area is 226 Å². The molecule has 2 aliphatic heterocycles. The normalized spacial score (nSPS) is 27.0. The van der Waals surface area contributed by atoms with Crippen LogP contribution in [0.2, 0.25) is 52.4 Å². The van der Waals surface area contributed by atoms with Crippen LogP contribution in [-0.2, 0) is 27.8 Å². The minimum Gasteiger partial charge on any atom is -0.410 e. The summed E-state index contributed by atoms with van der Waals surface area (Å²) in [6, 6.07) is 0. The summed E-state index contributed by atoms with van der Waals surface area (Å²) in [5.74, 6) is 0.480. The molecule has 2 aliphatic rings. The second-order valence-electron chi connectivity index (χ2n) is 11.8. The van der Waals surface area contributed by atoms with E-state index < -0.39 is 34.2 Å². The standard InChI is InChI=1S/C24H54N2O6Si4/c1-11-29-23(33(3)4)25-15-21(31-35(7,8)19-25)17-27-13-14-28-18-22-16-26(20-36(9,10)32-22)24(30-12-2)34(5)6/h21-24H,11-20H2,1-10H3. The monoisotopic (exact) mass is 578 g/mol. The Kier molecular flexibility index (Phi) is 14.0. The van der Waals surface area contributed by atoms with Crippen molar-refractivity contribution in [1.29, 1.82) is 0 Å². The van der Waals surface area contributed by atoms with Crippen LogP contribution in [0, 0.1) is 0 Å². The first-order valence-electron chi connectivity index (χ1n) is 13.7. The molecule has 2 fully saturated rings. The fourth-order valence-electron chi connectivity index (χ4n) is 5.35. The van der Waals surface area contributed by atoms with E-state index in [1.807, 2.05) is 0 Å². The van der Waals surface area contributed by atoms with Crippen molar-refractivity contribution in [2.45, 2.75) is 90.1 Å². The predicted molar refractivity (Wildman–Crippen MR) is 155 cm³/mol. The van der Waals surface area contributed by atoms with Gasteiger partial charge in [-0.25, -0.2) is 0 Å². The summed E-state index contributed by atoms with van der Waals surface area (Å²) in [6.07, 6.45) is 2.24. The molecule has 0 aliphatic carbocycles. The van der Waals surface area contributed by atoms with Crippen molar-refractivity contribution in [1.82, 2.24) is 9.80 Å². The summed E-state index contributed by atoms with van der Waals surface area (Å²) in [5, 5.41) is 0. The van der Waals surface area contributed by atoms with E-state index in [0.717, 1.165) is 38.6 Å². The number of ether oxygens (including phenoxy) is 4. The minimum absolute atomic E-state index is 0.0985. The lowest BCUT2D eigenvalue weighted by molar-refractivity contribution is -0.0657. The number of nitrogens with zero attached hydrogens (tertiary/aromatic N) is 2. The molecular formula is C24H54N2O6Si4. The van der Waals surface area contributed by atoms with Gasteiger partial charge < -0.3 is 27.8 Å². The van der Waals surface area contributed by atoms with E-state index in [1.54, 1.807) is 0 Å². The van der Waals surface area contributed by atoms with Crippen LogP contribution in [0.1, 0.15) is 13.8 Å². The summed E-state index contributed by atoms with van der Waals surface area (Å²) in [6.45, 7) is 28.3. The first kappa shape index (κ1) is 32.8. The SMILES string of the molecule is CCOC(N1CC(COCCOCC2CN(C(OCC)[Si](C)C)C[Si](C)(C)O2)O[Si](C)(C)C1)[Si](C)C. The molecule has 212 valence electrons. The Morgan fingerprint density at radius 2 is 1.08 bits per heavy atom. The zero-order valence-corrected chi connectivity index (χ0v) is 28.7. The highest BCUT2D eigenvalue weighted by atomic mass is 28.4. The van der Waals surface area contributed by atoms with Gasteiger partial charge in [0.1, 0.15) is 0 Å². The molecule has 2 radical (unpaired) electrons. The fraction of sp³-hybridized carbons (Fsp3) is 1.00. The van der Waals surface area contributed by atoms with Gasteiger partial charge in [0, 0.05) is 38.6 Å². The maximum atomic E-state index is 6.47. The van der Waals surface area contributed by atoms with E-state index in [9.17, 15) is 0 Å². The van der Waals surface area contributed by atoms with E-state index >= 15 is 0 Å². The number of hydrogen-bond acceptors (Lipinski definition) is 8. The lowest BCUT2D eigenvalue weighted by Gasteiger charge is -2.45. The maximum Gasteiger partial charge on any atom is 0.201 e. The zero-order valence-electron chi connectivity index (χ0n) is 24.7. The number of rotatable bonds is 15. The van der Waals surface area contributed by atoms with Crippen LogP contribution in [0.3, 0.4) is 0 Å². The van der Waals surface area contributed by atoms with Crippen LogP contribution >= 0.6 is 0 Å². The molecule has 36 heavy (non-hydrogen) atoms. The lowest BCUT2D eigenvalue weighted by Crippen LogP contribution is -2.62. The highest BCUT2D eigenvalue weighted by Gasteiger charge is 2.41. The van der Waals surface area contributed by atoms with E-state index in [2.05, 4.69) is 76.0 Å². The molecule has 2 saturated heterocycles. The van der Waals surface area contributed by atoms with Crippen molar-refractivity contribution >= 4 is 34.2 Å². The summed E-state index contributed by atoms with van der Waals surface area (Å²) in [5.41, 5.74) is 0. The fourth-order valence-corrected chi connectivity index (χ4v) is 13.4. The summed E-state index contributed by atoms with van der Waals surface area (Å²) < 4.78 is 37.2. The molecule has 0 saturated carbocycles. The first-order chi connectivity index (χ1) is 16.9. The summed E-state index contributed by atoms with van der Waals surface area (Å²) in [7, 11) is -4.71. The summed E-state index contributed by atoms with van der Waals surface area (Å²) >= 11 is 0. The van der Waals surface area contributed by atoms with E-state index in [-0.39, 0.29) is 23.9 Å². The Bertz CT molecular complexity index is 579. The van der Waals surface area contributed by atoms with Crippen molar-refractivity contribution in [3.63, 3.8) is 0 Å². The molecule has 0 aromatic rings. The van der Waals surface area contributed by atoms with Crippen molar-refractivity contribution < 1.29 is 27.8 Å². The minimum atomic E-state index is -1.77. The van der Waals surface area contributed by atoms with Crippen LogP contribution in [-0.4, -0.2) is 133 Å². The van der Waals surface area contributed by atoms with Gasteiger partial charge in [0.25, 0.3) is 0 Å². The third-order valence-electron chi connectivity index (χ3n) is 6.30. The summed E-state index contributed by atoms with van der Waals surface area (Å²) in [4.78, 5) is 5.04.